The van der Waals surface area contributed by atoms with Crippen LogP contribution in [0.15, 0.2) is 30.6 Å². The van der Waals surface area contributed by atoms with Crippen molar-refractivity contribution in [3.63, 3.8) is 0 Å². The summed E-state index contributed by atoms with van der Waals surface area (Å²) in [5.74, 6) is -2.84. The third kappa shape index (κ3) is 6.24. The van der Waals surface area contributed by atoms with Crippen LogP contribution in [0.25, 0.3) is 0 Å². The molecule has 1 aliphatic rings. The van der Waals surface area contributed by atoms with Crippen LogP contribution >= 0.6 is 11.6 Å². The first-order chi connectivity index (χ1) is 15.6. The van der Waals surface area contributed by atoms with Gasteiger partial charge in [0.2, 0.25) is 5.91 Å². The molecule has 0 spiro atoms. The molecule has 2 aromatic heterocycles. The van der Waals surface area contributed by atoms with E-state index in [0.29, 0.717) is 11.6 Å². The molecule has 3 rings (SSSR count). The lowest BCUT2D eigenvalue weighted by Gasteiger charge is -2.22. The molecular weight excluding hydrogens is 450 g/mol. The van der Waals surface area contributed by atoms with Gasteiger partial charge in [-0.25, -0.2) is 4.98 Å². The van der Waals surface area contributed by atoms with Crippen LogP contribution in [0.2, 0.25) is 5.02 Å². The summed E-state index contributed by atoms with van der Waals surface area (Å²) in [4.78, 5) is 61.0. The Morgan fingerprint density at radius 2 is 1.82 bits per heavy atom. The molecule has 11 nitrogen and oxygen atoms in total. The second-order valence-corrected chi connectivity index (χ2v) is 8.23. The van der Waals surface area contributed by atoms with Gasteiger partial charge in [-0.05, 0) is 36.4 Å². The average molecular weight is 474 g/mol. The van der Waals surface area contributed by atoms with Crippen molar-refractivity contribution < 1.29 is 19.2 Å². The van der Waals surface area contributed by atoms with Crippen molar-refractivity contribution in [2.45, 2.75) is 19.1 Å². The van der Waals surface area contributed by atoms with E-state index in [-0.39, 0.29) is 18.1 Å². The number of hydrogen-bond acceptors (Lipinski definition) is 7. The Hall–Kier alpha value is -3.57. The number of halogens is 1. The van der Waals surface area contributed by atoms with Crippen molar-refractivity contribution in [3.8, 4) is 0 Å². The standard InChI is InChI=1S/C21H24ClN7O4/c1-28(2)21(33)16(9-25-19(31)20(32)27-17-5-4-14(22)8-24-17)26-18(30)15-6-12-10-29(3)11-13(12)7-23-15/h4-8,16H,9-11H2,1-3H3,(H,25,31)(H,26,30)(H,24,27,32)/t16-/m0/s1. The van der Waals surface area contributed by atoms with Gasteiger partial charge in [0.1, 0.15) is 17.6 Å². The Morgan fingerprint density at radius 1 is 1.09 bits per heavy atom. The molecule has 2 aromatic rings. The van der Waals surface area contributed by atoms with Gasteiger partial charge in [-0.15, -0.1) is 0 Å². The van der Waals surface area contributed by atoms with Crippen LogP contribution in [-0.2, 0) is 27.5 Å². The van der Waals surface area contributed by atoms with E-state index in [1.165, 1.54) is 37.3 Å². The Labute approximate surface area is 195 Å². The highest BCUT2D eigenvalue weighted by Gasteiger charge is 2.26. The van der Waals surface area contributed by atoms with Crippen molar-refractivity contribution in [1.29, 1.82) is 0 Å². The van der Waals surface area contributed by atoms with E-state index in [4.69, 9.17) is 11.6 Å². The molecule has 0 saturated carbocycles. The predicted molar refractivity (Wildman–Crippen MR) is 120 cm³/mol. The first-order valence-electron chi connectivity index (χ1n) is 10.0. The molecule has 33 heavy (non-hydrogen) atoms. The molecule has 4 amide bonds. The summed E-state index contributed by atoms with van der Waals surface area (Å²) in [5, 5.41) is 7.65. The molecule has 3 N–H and O–H groups in total. The summed E-state index contributed by atoms with van der Waals surface area (Å²) >= 11 is 5.74. The van der Waals surface area contributed by atoms with Gasteiger partial charge in [0.25, 0.3) is 5.91 Å². The predicted octanol–water partition coefficient (Wildman–Crippen LogP) is 0.0169. The summed E-state index contributed by atoms with van der Waals surface area (Å²) in [7, 11) is 5.00. The van der Waals surface area contributed by atoms with Crippen LogP contribution in [0.5, 0.6) is 0 Å². The quantitative estimate of drug-likeness (QED) is 0.503. The van der Waals surface area contributed by atoms with Gasteiger partial charge >= 0.3 is 11.8 Å². The molecule has 0 saturated heterocycles. The second-order valence-electron chi connectivity index (χ2n) is 7.80. The lowest BCUT2D eigenvalue weighted by atomic mass is 10.1. The normalized spacial score (nSPS) is 13.6. The summed E-state index contributed by atoms with van der Waals surface area (Å²) in [5.41, 5.74) is 2.20. The van der Waals surface area contributed by atoms with Crippen LogP contribution in [-0.4, -0.2) is 77.1 Å². The minimum absolute atomic E-state index is 0.141. The fraction of sp³-hybridized carbons (Fsp3) is 0.333. The molecule has 3 heterocycles. The van der Waals surface area contributed by atoms with E-state index in [9.17, 15) is 19.2 Å². The van der Waals surface area contributed by atoms with Crippen LogP contribution in [0.4, 0.5) is 5.82 Å². The van der Waals surface area contributed by atoms with E-state index in [1.54, 1.807) is 12.3 Å². The molecule has 174 valence electrons. The minimum Gasteiger partial charge on any atom is -0.347 e. The SMILES string of the molecule is CN1Cc2cnc(C(=O)N[C@@H](CNC(=O)C(=O)Nc3ccc(Cl)cn3)C(=O)N(C)C)cc2C1. The van der Waals surface area contributed by atoms with E-state index >= 15 is 0 Å². The topological polar surface area (TPSA) is 137 Å². The number of amides is 4. The molecule has 0 radical (unpaired) electrons. The van der Waals surface area contributed by atoms with Crippen LogP contribution < -0.4 is 16.0 Å². The van der Waals surface area contributed by atoms with E-state index in [1.807, 2.05) is 7.05 Å². The number of nitrogens with zero attached hydrogens (tertiary/aromatic N) is 4. The van der Waals surface area contributed by atoms with Crippen molar-refractivity contribution in [3.05, 3.63) is 52.4 Å². The van der Waals surface area contributed by atoms with Gasteiger partial charge in [-0.3, -0.25) is 29.1 Å². The van der Waals surface area contributed by atoms with Crippen LogP contribution in [0, 0.1) is 0 Å². The number of anilines is 1. The van der Waals surface area contributed by atoms with Crippen LogP contribution in [0.3, 0.4) is 0 Å². The monoisotopic (exact) mass is 473 g/mol. The zero-order chi connectivity index (χ0) is 24.1. The van der Waals surface area contributed by atoms with E-state index < -0.39 is 29.7 Å². The lowest BCUT2D eigenvalue weighted by Crippen LogP contribution is -2.53. The molecular formula is C21H24ClN7O4. The summed E-state index contributed by atoms with van der Waals surface area (Å²) in [6.45, 7) is 1.16. The van der Waals surface area contributed by atoms with Gasteiger partial charge in [-0.2, -0.15) is 0 Å². The zero-order valence-electron chi connectivity index (χ0n) is 18.4. The largest absolute Gasteiger partial charge is 0.347 e. The fourth-order valence-electron chi connectivity index (χ4n) is 3.22. The van der Waals surface area contributed by atoms with Crippen molar-refractivity contribution in [2.24, 2.45) is 0 Å². The second kappa shape index (κ2) is 10.4. The number of pyridine rings is 2. The maximum absolute atomic E-state index is 12.7. The van der Waals surface area contributed by atoms with Gasteiger partial charge in [0.15, 0.2) is 0 Å². The molecule has 0 aliphatic carbocycles. The number of fused-ring (bicyclic) bond motifs is 1. The first-order valence-corrected chi connectivity index (χ1v) is 10.4. The van der Waals surface area contributed by atoms with Gasteiger partial charge < -0.3 is 20.9 Å². The first kappa shape index (κ1) is 24.1. The Balaban J connectivity index is 1.62. The lowest BCUT2D eigenvalue weighted by molar-refractivity contribution is -0.136. The van der Waals surface area contributed by atoms with Gasteiger partial charge in [0.05, 0.1) is 5.02 Å². The number of likely N-dealkylation sites (N-methyl/N-ethyl adjacent to an activating group) is 1. The maximum atomic E-state index is 12.7. The molecule has 0 unspecified atom stereocenters. The third-order valence-corrected chi connectivity index (χ3v) is 5.11. The molecule has 12 heteroatoms. The summed E-state index contributed by atoms with van der Waals surface area (Å²) in [6.07, 6.45) is 2.97. The van der Waals surface area contributed by atoms with Crippen molar-refractivity contribution in [2.75, 3.05) is 33.0 Å². The van der Waals surface area contributed by atoms with Crippen molar-refractivity contribution in [1.82, 2.24) is 30.4 Å². The highest BCUT2D eigenvalue weighted by molar-refractivity contribution is 6.39. The number of rotatable bonds is 6. The van der Waals surface area contributed by atoms with Crippen molar-refractivity contribution >= 4 is 41.0 Å². The molecule has 1 atom stereocenters. The van der Waals surface area contributed by atoms with E-state index in [2.05, 4.69) is 30.8 Å². The maximum Gasteiger partial charge on any atom is 0.314 e. The molecule has 1 aliphatic heterocycles. The Bertz CT molecular complexity index is 1070. The number of carbonyl (C=O) groups is 4. The van der Waals surface area contributed by atoms with Gasteiger partial charge in [-0.1, -0.05) is 11.6 Å². The number of nitrogens with one attached hydrogen (secondary N) is 3. The number of hydrogen-bond donors (Lipinski definition) is 3. The number of carbonyl (C=O) groups excluding carboxylic acids is 4. The van der Waals surface area contributed by atoms with Gasteiger partial charge in [0, 0.05) is 46.1 Å². The molecule has 0 bridgehead atoms. The molecule has 0 fully saturated rings. The highest BCUT2D eigenvalue weighted by atomic mass is 35.5. The third-order valence-electron chi connectivity index (χ3n) is 4.88. The van der Waals surface area contributed by atoms with Crippen LogP contribution in [0.1, 0.15) is 21.6 Å². The summed E-state index contributed by atoms with van der Waals surface area (Å²) < 4.78 is 0. The fourth-order valence-corrected chi connectivity index (χ4v) is 3.33. The average Bonchev–Trinajstić information content (AvgIpc) is 3.16. The smallest absolute Gasteiger partial charge is 0.314 e. The Morgan fingerprint density at radius 3 is 2.48 bits per heavy atom. The molecule has 0 aromatic carbocycles. The number of aromatic nitrogens is 2. The van der Waals surface area contributed by atoms with E-state index in [0.717, 1.165) is 17.7 Å². The zero-order valence-corrected chi connectivity index (χ0v) is 19.1. The minimum atomic E-state index is -1.10. The Kier molecular flexibility index (Phi) is 7.56. The highest BCUT2D eigenvalue weighted by Crippen LogP contribution is 2.20. The summed E-state index contributed by atoms with van der Waals surface area (Å²) in [6, 6.07) is 3.54.